The van der Waals surface area contributed by atoms with Crippen LogP contribution in [0, 0.1) is 6.92 Å². The van der Waals surface area contributed by atoms with Gasteiger partial charge in [0.25, 0.3) is 0 Å². The largest absolute Gasteiger partial charge is 0.232 e. The number of hydrogen-bond donors (Lipinski definition) is 0. The third-order valence-electron chi connectivity index (χ3n) is 2.06. The molecule has 0 atom stereocenters. The molecule has 0 unspecified atom stereocenters. The van der Waals surface area contributed by atoms with Gasteiger partial charge in [0.15, 0.2) is 5.82 Å². The van der Waals surface area contributed by atoms with Crippen LogP contribution in [0.2, 0.25) is 10.2 Å². The summed E-state index contributed by atoms with van der Waals surface area (Å²) in [4.78, 5) is 8.54. The molecule has 0 spiro atoms. The van der Waals surface area contributed by atoms with Crippen molar-refractivity contribution in [3.63, 3.8) is 0 Å². The minimum atomic E-state index is 0.405. The molecule has 0 amide bonds. The molecule has 0 saturated carbocycles. The molecule has 0 aliphatic rings. The molecule has 0 aliphatic carbocycles. The Balaban J connectivity index is 2.57. The Bertz CT molecular complexity index is 520. The molecule has 0 fully saturated rings. The predicted molar refractivity (Wildman–Crippen MR) is 69.9 cm³/mol. The quantitative estimate of drug-likeness (QED) is 0.723. The Morgan fingerprint density at radius 1 is 1.19 bits per heavy atom. The molecular weight excluding hydrogens is 311 g/mol. The van der Waals surface area contributed by atoms with E-state index in [0.717, 1.165) is 15.7 Å². The van der Waals surface area contributed by atoms with Crippen LogP contribution in [0.25, 0.3) is 11.4 Å². The minimum Gasteiger partial charge on any atom is -0.232 e. The highest BCUT2D eigenvalue weighted by atomic mass is 79.9. The summed E-state index contributed by atoms with van der Waals surface area (Å²) >= 11 is 15.2. The molecule has 2 aromatic rings. The fraction of sp³-hybridized carbons (Fsp3) is 0.0909. The number of benzene rings is 1. The number of hydrogen-bond acceptors (Lipinski definition) is 2. The van der Waals surface area contributed by atoms with E-state index in [0.29, 0.717) is 16.0 Å². The van der Waals surface area contributed by atoms with E-state index in [4.69, 9.17) is 23.2 Å². The summed E-state index contributed by atoms with van der Waals surface area (Å²) < 4.78 is 0.722. The molecule has 82 valence electrons. The number of aryl methyl sites for hydroxylation is 1. The van der Waals surface area contributed by atoms with Gasteiger partial charge in [0, 0.05) is 10.6 Å². The number of rotatable bonds is 1. The standard InChI is InChI=1S/C11H7BrCl2N2/c1-6-9(12)10(14)16-11(15-6)7-3-2-4-8(13)5-7/h2-5H,1H3. The highest BCUT2D eigenvalue weighted by Gasteiger charge is 2.09. The summed E-state index contributed by atoms with van der Waals surface area (Å²) in [5.41, 5.74) is 1.65. The normalized spacial score (nSPS) is 10.5. The van der Waals surface area contributed by atoms with Gasteiger partial charge in [-0.15, -0.1) is 0 Å². The lowest BCUT2D eigenvalue weighted by atomic mass is 10.2. The Labute approximate surface area is 112 Å². The monoisotopic (exact) mass is 316 g/mol. The van der Waals surface area contributed by atoms with E-state index < -0.39 is 0 Å². The van der Waals surface area contributed by atoms with E-state index in [9.17, 15) is 0 Å². The molecule has 0 saturated heterocycles. The summed E-state index contributed by atoms with van der Waals surface area (Å²) in [5.74, 6) is 0.577. The Morgan fingerprint density at radius 2 is 1.94 bits per heavy atom. The summed E-state index contributed by atoms with van der Waals surface area (Å²) in [6.07, 6.45) is 0. The van der Waals surface area contributed by atoms with Crippen LogP contribution >= 0.6 is 39.1 Å². The topological polar surface area (TPSA) is 25.8 Å². The SMILES string of the molecule is Cc1nc(-c2cccc(Cl)c2)nc(Cl)c1Br. The lowest BCUT2D eigenvalue weighted by molar-refractivity contribution is 1.09. The van der Waals surface area contributed by atoms with Crippen LogP contribution in [-0.4, -0.2) is 9.97 Å². The average molecular weight is 318 g/mol. The van der Waals surface area contributed by atoms with E-state index in [1.165, 1.54) is 0 Å². The first-order valence-electron chi connectivity index (χ1n) is 4.53. The lowest BCUT2D eigenvalue weighted by Gasteiger charge is -2.05. The van der Waals surface area contributed by atoms with E-state index in [1.54, 1.807) is 12.1 Å². The Hall–Kier alpha value is -0.640. The third-order valence-corrected chi connectivity index (χ3v) is 3.75. The zero-order valence-electron chi connectivity index (χ0n) is 8.34. The van der Waals surface area contributed by atoms with Gasteiger partial charge in [0.2, 0.25) is 0 Å². The van der Waals surface area contributed by atoms with E-state index in [-0.39, 0.29) is 0 Å². The summed E-state index contributed by atoms with van der Waals surface area (Å²) in [7, 11) is 0. The fourth-order valence-corrected chi connectivity index (χ4v) is 1.87. The van der Waals surface area contributed by atoms with Crippen LogP contribution in [0.5, 0.6) is 0 Å². The van der Waals surface area contributed by atoms with E-state index in [2.05, 4.69) is 25.9 Å². The smallest absolute Gasteiger partial charge is 0.161 e. The molecule has 2 rings (SSSR count). The zero-order chi connectivity index (χ0) is 11.7. The van der Waals surface area contributed by atoms with Crippen LogP contribution in [0.15, 0.2) is 28.7 Å². The van der Waals surface area contributed by atoms with Crippen LogP contribution in [0.1, 0.15) is 5.69 Å². The molecule has 0 N–H and O–H groups in total. The molecule has 5 heteroatoms. The van der Waals surface area contributed by atoms with Crippen molar-refractivity contribution in [2.75, 3.05) is 0 Å². The first kappa shape index (κ1) is 11.8. The van der Waals surface area contributed by atoms with Crippen LogP contribution in [0.4, 0.5) is 0 Å². The van der Waals surface area contributed by atoms with Crippen molar-refractivity contribution in [2.45, 2.75) is 6.92 Å². The minimum absolute atomic E-state index is 0.405. The second-order valence-corrected chi connectivity index (χ2v) is 4.84. The average Bonchev–Trinajstić information content (AvgIpc) is 2.25. The lowest BCUT2D eigenvalue weighted by Crippen LogP contribution is -1.94. The maximum absolute atomic E-state index is 5.98. The van der Waals surface area contributed by atoms with Crippen LogP contribution in [0.3, 0.4) is 0 Å². The van der Waals surface area contributed by atoms with Gasteiger partial charge in [-0.05, 0) is 35.0 Å². The Kier molecular flexibility index (Phi) is 3.47. The van der Waals surface area contributed by atoms with E-state index >= 15 is 0 Å². The number of aromatic nitrogens is 2. The highest BCUT2D eigenvalue weighted by molar-refractivity contribution is 9.10. The van der Waals surface area contributed by atoms with Crippen LogP contribution < -0.4 is 0 Å². The third kappa shape index (κ3) is 2.37. The van der Waals surface area contributed by atoms with Crippen molar-refractivity contribution in [1.82, 2.24) is 9.97 Å². The molecule has 1 aromatic heterocycles. The van der Waals surface area contributed by atoms with Gasteiger partial charge in [-0.3, -0.25) is 0 Å². The van der Waals surface area contributed by atoms with Crippen molar-refractivity contribution in [2.24, 2.45) is 0 Å². The molecule has 0 radical (unpaired) electrons. The first-order chi connectivity index (χ1) is 7.58. The highest BCUT2D eigenvalue weighted by Crippen LogP contribution is 2.27. The first-order valence-corrected chi connectivity index (χ1v) is 6.08. The van der Waals surface area contributed by atoms with Crippen molar-refractivity contribution in [1.29, 1.82) is 0 Å². The number of nitrogens with zero attached hydrogens (tertiary/aromatic N) is 2. The second-order valence-electron chi connectivity index (χ2n) is 3.25. The fourth-order valence-electron chi connectivity index (χ4n) is 1.28. The van der Waals surface area contributed by atoms with Gasteiger partial charge in [-0.25, -0.2) is 9.97 Å². The van der Waals surface area contributed by atoms with Crippen molar-refractivity contribution < 1.29 is 0 Å². The zero-order valence-corrected chi connectivity index (χ0v) is 11.4. The molecule has 1 heterocycles. The maximum atomic E-state index is 5.98. The molecule has 0 aliphatic heterocycles. The van der Waals surface area contributed by atoms with Gasteiger partial charge < -0.3 is 0 Å². The maximum Gasteiger partial charge on any atom is 0.161 e. The molecule has 0 bridgehead atoms. The van der Waals surface area contributed by atoms with Gasteiger partial charge >= 0.3 is 0 Å². The Morgan fingerprint density at radius 3 is 2.56 bits per heavy atom. The van der Waals surface area contributed by atoms with E-state index in [1.807, 2.05) is 19.1 Å². The summed E-state index contributed by atoms with van der Waals surface area (Å²) in [5, 5.41) is 1.06. The predicted octanol–water partition coefficient (Wildman–Crippen LogP) is 4.52. The summed E-state index contributed by atoms with van der Waals surface area (Å²) in [6, 6.07) is 7.36. The molecule has 1 aromatic carbocycles. The van der Waals surface area contributed by atoms with Gasteiger partial charge in [-0.2, -0.15) is 0 Å². The van der Waals surface area contributed by atoms with Gasteiger partial charge in [-0.1, -0.05) is 35.3 Å². The van der Waals surface area contributed by atoms with Gasteiger partial charge in [0.05, 0.1) is 10.2 Å². The second kappa shape index (κ2) is 4.70. The van der Waals surface area contributed by atoms with Crippen molar-refractivity contribution >= 4 is 39.1 Å². The van der Waals surface area contributed by atoms with Crippen molar-refractivity contribution in [3.05, 3.63) is 44.6 Å². The number of halogens is 3. The molecule has 16 heavy (non-hydrogen) atoms. The van der Waals surface area contributed by atoms with Crippen LogP contribution in [-0.2, 0) is 0 Å². The molecular formula is C11H7BrCl2N2. The van der Waals surface area contributed by atoms with Crippen molar-refractivity contribution in [3.8, 4) is 11.4 Å². The van der Waals surface area contributed by atoms with Gasteiger partial charge in [0.1, 0.15) is 5.15 Å². The molecule has 2 nitrogen and oxygen atoms in total. The summed E-state index contributed by atoms with van der Waals surface area (Å²) in [6.45, 7) is 1.87.